The number of carbonyl (C=O) groups excluding carboxylic acids is 2. The summed E-state index contributed by atoms with van der Waals surface area (Å²) in [5, 5.41) is 7.75. The van der Waals surface area contributed by atoms with Gasteiger partial charge in [0.2, 0.25) is 0 Å². The van der Waals surface area contributed by atoms with Crippen LogP contribution >= 0.6 is 23.2 Å². The second kappa shape index (κ2) is 7.30. The highest BCUT2D eigenvalue weighted by molar-refractivity contribution is 6.36. The summed E-state index contributed by atoms with van der Waals surface area (Å²) in [7, 11) is 1.75. The number of rotatable bonds is 3. The number of hydrogen-bond acceptors (Lipinski definition) is 3. The zero-order chi connectivity index (χ0) is 19.8. The van der Waals surface area contributed by atoms with Gasteiger partial charge in [-0.3, -0.25) is 14.3 Å². The van der Waals surface area contributed by atoms with Crippen LogP contribution in [0, 0.1) is 0 Å². The van der Waals surface area contributed by atoms with Gasteiger partial charge in [-0.2, -0.15) is 5.10 Å². The molecule has 28 heavy (non-hydrogen) atoms. The molecular weight excluding hydrogens is 399 g/mol. The molecule has 0 spiro atoms. The summed E-state index contributed by atoms with van der Waals surface area (Å²) in [5.74, 6) is -0.478. The van der Waals surface area contributed by atoms with Gasteiger partial charge in [0.15, 0.2) is 5.69 Å². The number of anilines is 2. The van der Waals surface area contributed by atoms with Crippen molar-refractivity contribution in [3.63, 3.8) is 0 Å². The largest absolute Gasteiger partial charge is 0.321 e. The SMILES string of the molecule is Cn1ccc(C(=O)Nc2ccc3c(c2)CCN3C(=O)c2cc(Cl)ccc2Cl)n1. The lowest BCUT2D eigenvalue weighted by molar-refractivity contribution is 0.0987. The molecule has 2 amide bonds. The average Bonchev–Trinajstić information content (AvgIpc) is 3.29. The molecule has 4 rings (SSSR count). The lowest BCUT2D eigenvalue weighted by Crippen LogP contribution is -2.29. The molecule has 1 aliphatic heterocycles. The molecule has 3 aromatic rings. The van der Waals surface area contributed by atoms with Crippen molar-refractivity contribution in [1.29, 1.82) is 0 Å². The number of aromatic nitrogens is 2. The molecule has 0 atom stereocenters. The number of nitrogens with zero attached hydrogens (tertiary/aromatic N) is 3. The fraction of sp³-hybridized carbons (Fsp3) is 0.150. The molecule has 2 heterocycles. The van der Waals surface area contributed by atoms with Crippen LogP contribution in [0.2, 0.25) is 10.0 Å². The topological polar surface area (TPSA) is 67.2 Å². The van der Waals surface area contributed by atoms with E-state index in [1.165, 1.54) is 0 Å². The molecule has 0 bridgehead atoms. The normalized spacial score (nSPS) is 12.8. The first-order valence-corrected chi connectivity index (χ1v) is 9.39. The lowest BCUT2D eigenvalue weighted by Gasteiger charge is -2.18. The minimum Gasteiger partial charge on any atom is -0.321 e. The zero-order valence-corrected chi connectivity index (χ0v) is 16.5. The predicted molar refractivity (Wildman–Crippen MR) is 109 cm³/mol. The maximum absolute atomic E-state index is 12.9. The summed E-state index contributed by atoms with van der Waals surface area (Å²) in [4.78, 5) is 26.9. The van der Waals surface area contributed by atoms with Crippen LogP contribution in [0.4, 0.5) is 11.4 Å². The number of fused-ring (bicyclic) bond motifs is 1. The Kier molecular flexibility index (Phi) is 4.83. The minimum absolute atomic E-state index is 0.198. The van der Waals surface area contributed by atoms with E-state index < -0.39 is 0 Å². The van der Waals surface area contributed by atoms with E-state index in [1.54, 1.807) is 53.2 Å². The predicted octanol–water partition coefficient (Wildman–Crippen LogP) is 4.18. The maximum Gasteiger partial charge on any atom is 0.276 e. The quantitative estimate of drug-likeness (QED) is 0.698. The monoisotopic (exact) mass is 414 g/mol. The second-order valence-electron chi connectivity index (χ2n) is 6.50. The molecule has 1 aliphatic rings. The number of aryl methyl sites for hydroxylation is 1. The average molecular weight is 415 g/mol. The molecule has 0 unspecified atom stereocenters. The van der Waals surface area contributed by atoms with Gasteiger partial charge in [-0.05, 0) is 54.4 Å². The van der Waals surface area contributed by atoms with E-state index in [1.807, 2.05) is 12.1 Å². The Hall–Kier alpha value is -2.83. The number of amides is 2. The second-order valence-corrected chi connectivity index (χ2v) is 7.35. The van der Waals surface area contributed by atoms with Gasteiger partial charge in [0, 0.05) is 36.2 Å². The number of carbonyl (C=O) groups is 2. The van der Waals surface area contributed by atoms with Gasteiger partial charge < -0.3 is 10.2 Å². The molecule has 0 aliphatic carbocycles. The Morgan fingerprint density at radius 3 is 2.68 bits per heavy atom. The van der Waals surface area contributed by atoms with E-state index in [9.17, 15) is 9.59 Å². The van der Waals surface area contributed by atoms with E-state index in [4.69, 9.17) is 23.2 Å². The summed E-state index contributed by atoms with van der Waals surface area (Å²) in [6.07, 6.45) is 2.40. The fourth-order valence-electron chi connectivity index (χ4n) is 3.23. The lowest BCUT2D eigenvalue weighted by atomic mass is 10.1. The first kappa shape index (κ1) is 18.5. The maximum atomic E-state index is 12.9. The minimum atomic E-state index is -0.280. The molecule has 0 fully saturated rings. The van der Waals surface area contributed by atoms with Crippen molar-refractivity contribution in [1.82, 2.24) is 9.78 Å². The van der Waals surface area contributed by atoms with E-state index >= 15 is 0 Å². The standard InChI is InChI=1S/C20H16Cl2N4O2/c1-25-8-7-17(24-25)19(27)23-14-3-5-18-12(10-14)6-9-26(18)20(28)15-11-13(21)2-4-16(15)22/h2-5,7-8,10-11H,6,9H2,1H3,(H,23,27). The highest BCUT2D eigenvalue weighted by atomic mass is 35.5. The smallest absolute Gasteiger partial charge is 0.276 e. The Labute approximate surface area is 171 Å². The van der Waals surface area contributed by atoms with Gasteiger partial charge in [-0.1, -0.05) is 23.2 Å². The van der Waals surface area contributed by atoms with Crippen LogP contribution in [0.25, 0.3) is 0 Å². The Bertz CT molecular complexity index is 1090. The van der Waals surface area contributed by atoms with Gasteiger partial charge in [-0.25, -0.2) is 0 Å². The van der Waals surface area contributed by atoms with Crippen LogP contribution in [-0.2, 0) is 13.5 Å². The molecule has 2 aromatic carbocycles. The van der Waals surface area contributed by atoms with Crippen LogP contribution in [0.3, 0.4) is 0 Å². The van der Waals surface area contributed by atoms with Crippen molar-refractivity contribution in [2.24, 2.45) is 7.05 Å². The van der Waals surface area contributed by atoms with E-state index in [0.717, 1.165) is 11.3 Å². The number of hydrogen-bond donors (Lipinski definition) is 1. The van der Waals surface area contributed by atoms with E-state index in [2.05, 4.69) is 10.4 Å². The third-order valence-electron chi connectivity index (χ3n) is 4.58. The molecule has 0 saturated heterocycles. The third kappa shape index (κ3) is 3.48. The van der Waals surface area contributed by atoms with Gasteiger partial charge >= 0.3 is 0 Å². The van der Waals surface area contributed by atoms with Crippen LogP contribution in [0.15, 0.2) is 48.7 Å². The van der Waals surface area contributed by atoms with Crippen molar-refractivity contribution >= 4 is 46.4 Å². The molecule has 1 aromatic heterocycles. The van der Waals surface area contributed by atoms with Crippen molar-refractivity contribution in [3.8, 4) is 0 Å². The van der Waals surface area contributed by atoms with Gasteiger partial charge in [0.1, 0.15) is 0 Å². The van der Waals surface area contributed by atoms with Gasteiger partial charge in [0.05, 0.1) is 10.6 Å². The highest BCUT2D eigenvalue weighted by Gasteiger charge is 2.27. The molecule has 6 nitrogen and oxygen atoms in total. The summed E-state index contributed by atoms with van der Waals surface area (Å²) in [5.41, 5.74) is 3.15. The molecule has 1 N–H and O–H groups in total. The molecule has 0 saturated carbocycles. The third-order valence-corrected chi connectivity index (χ3v) is 5.15. The van der Waals surface area contributed by atoms with Crippen molar-refractivity contribution in [3.05, 3.63) is 75.5 Å². The molecule has 0 radical (unpaired) electrons. The van der Waals surface area contributed by atoms with Crippen LogP contribution in [0.5, 0.6) is 0 Å². The first-order valence-electron chi connectivity index (χ1n) is 8.63. The zero-order valence-electron chi connectivity index (χ0n) is 14.9. The number of nitrogens with one attached hydrogen (secondary N) is 1. The van der Waals surface area contributed by atoms with Crippen molar-refractivity contribution in [2.45, 2.75) is 6.42 Å². The summed E-state index contributed by atoms with van der Waals surface area (Å²) >= 11 is 12.2. The summed E-state index contributed by atoms with van der Waals surface area (Å²) in [6.45, 7) is 0.536. The summed E-state index contributed by atoms with van der Waals surface area (Å²) in [6, 6.07) is 12.0. The van der Waals surface area contributed by atoms with Gasteiger partial charge in [-0.15, -0.1) is 0 Å². The molecule has 142 valence electrons. The number of benzene rings is 2. The fourth-order valence-corrected chi connectivity index (χ4v) is 3.60. The molecule has 8 heteroatoms. The van der Waals surface area contributed by atoms with Gasteiger partial charge in [0.25, 0.3) is 11.8 Å². The van der Waals surface area contributed by atoms with Crippen LogP contribution in [-0.4, -0.2) is 28.1 Å². The number of halogens is 2. The Morgan fingerprint density at radius 1 is 1.11 bits per heavy atom. The summed E-state index contributed by atoms with van der Waals surface area (Å²) < 4.78 is 1.57. The first-order chi connectivity index (χ1) is 13.4. The van der Waals surface area contributed by atoms with Crippen LogP contribution < -0.4 is 10.2 Å². The van der Waals surface area contributed by atoms with Crippen molar-refractivity contribution in [2.75, 3.05) is 16.8 Å². The van der Waals surface area contributed by atoms with Crippen LogP contribution in [0.1, 0.15) is 26.4 Å². The Morgan fingerprint density at radius 2 is 1.93 bits per heavy atom. The van der Waals surface area contributed by atoms with Crippen molar-refractivity contribution < 1.29 is 9.59 Å². The van der Waals surface area contributed by atoms with E-state index in [-0.39, 0.29) is 11.8 Å². The van der Waals surface area contributed by atoms with E-state index in [0.29, 0.717) is 40.0 Å². The Balaban J connectivity index is 1.56. The molecular formula is C20H16Cl2N4O2. The highest BCUT2D eigenvalue weighted by Crippen LogP contribution is 2.33.